The molecule has 0 aromatic heterocycles. The van der Waals surface area contributed by atoms with Crippen molar-refractivity contribution < 1.29 is 28.7 Å². The fraction of sp³-hybridized carbons (Fsp3) is 0.182. The predicted octanol–water partition coefficient (Wildman–Crippen LogP) is 3.12. The van der Waals surface area contributed by atoms with Crippen LogP contribution in [0, 0.1) is 5.92 Å². The lowest BCUT2D eigenvalue weighted by molar-refractivity contribution is -0.145. The lowest BCUT2D eigenvalue weighted by Crippen LogP contribution is -2.26. The van der Waals surface area contributed by atoms with Gasteiger partial charge in [-0.3, -0.25) is 19.2 Å². The number of fused-ring (bicyclic) bond motifs is 1. The van der Waals surface area contributed by atoms with Crippen LogP contribution in [-0.2, 0) is 14.3 Å². The minimum atomic E-state index is -0.543. The van der Waals surface area contributed by atoms with Crippen molar-refractivity contribution in [3.05, 3.63) is 70.4 Å². The molecule has 8 heteroatoms. The zero-order chi connectivity index (χ0) is 21.4. The second kappa shape index (κ2) is 7.76. The number of nitrogens with zero attached hydrogens (tertiary/aromatic N) is 1. The van der Waals surface area contributed by atoms with Crippen LogP contribution in [0.2, 0.25) is 0 Å². The fourth-order valence-electron chi connectivity index (χ4n) is 3.53. The average Bonchev–Trinajstić information content (AvgIpc) is 3.16. The van der Waals surface area contributed by atoms with E-state index >= 15 is 0 Å². The first-order valence-corrected chi connectivity index (χ1v) is 9.52. The van der Waals surface area contributed by atoms with E-state index in [1.165, 1.54) is 24.1 Å². The summed E-state index contributed by atoms with van der Waals surface area (Å²) in [5.41, 5.74) is 0.939. The highest BCUT2D eigenvalue weighted by molar-refractivity contribution is 6.49. The van der Waals surface area contributed by atoms with Crippen molar-refractivity contribution >= 4 is 40.7 Å². The van der Waals surface area contributed by atoms with E-state index in [0.29, 0.717) is 5.69 Å². The molecule has 1 unspecified atom stereocenters. The number of esters is 1. The molecule has 0 bridgehead atoms. The van der Waals surface area contributed by atoms with E-state index in [1.807, 2.05) is 0 Å². The van der Waals surface area contributed by atoms with Gasteiger partial charge in [0.1, 0.15) is 10.8 Å². The molecule has 1 saturated heterocycles. The molecule has 1 heterocycles. The summed E-state index contributed by atoms with van der Waals surface area (Å²) in [7, 11) is 1.28. The van der Waals surface area contributed by atoms with Gasteiger partial charge in [-0.2, -0.15) is 0 Å². The lowest BCUT2D eigenvalue weighted by Gasteiger charge is -2.20. The lowest BCUT2D eigenvalue weighted by atomic mass is 9.93. The molecule has 4 rings (SSSR count). The minimum Gasteiger partial charge on any atom is -0.469 e. The molecule has 1 atom stereocenters. The molecule has 0 spiro atoms. The van der Waals surface area contributed by atoms with Crippen molar-refractivity contribution in [2.24, 2.45) is 5.92 Å². The molecule has 152 valence electrons. The Kier molecular flexibility index (Phi) is 5.13. The Balaban J connectivity index is 1.61. The number of rotatable bonds is 4. The first kappa shape index (κ1) is 19.8. The Morgan fingerprint density at radius 3 is 2.43 bits per heavy atom. The number of methoxy groups -OCH3 is 1. The highest BCUT2D eigenvalue weighted by Gasteiger charge is 2.36. The summed E-state index contributed by atoms with van der Waals surface area (Å²) in [6, 6.07) is 12.8. The number of hydrogen-bond donors (Lipinski definition) is 0. The Bertz CT molecular complexity index is 1120. The number of hydrogen-bond acceptors (Lipinski definition) is 6. The SMILES string of the molecule is COC(=O)C1CC(=O)N(c2cccc(OC3=C(Cl)C(=O)c4ccccc4C3=O)c2)C1. The van der Waals surface area contributed by atoms with E-state index in [-0.39, 0.29) is 46.5 Å². The molecule has 30 heavy (non-hydrogen) atoms. The molecule has 1 amide bonds. The van der Waals surface area contributed by atoms with E-state index in [0.717, 1.165) is 0 Å². The molecule has 1 aliphatic carbocycles. The topological polar surface area (TPSA) is 90.0 Å². The molecular weight excluding hydrogens is 410 g/mol. The maximum Gasteiger partial charge on any atom is 0.311 e. The third kappa shape index (κ3) is 3.37. The summed E-state index contributed by atoms with van der Waals surface area (Å²) in [6.45, 7) is 0.184. The van der Waals surface area contributed by atoms with Crippen LogP contribution in [0.25, 0.3) is 0 Å². The Labute approximate surface area is 176 Å². The normalized spacial score (nSPS) is 18.5. The van der Waals surface area contributed by atoms with Crippen LogP contribution in [0.4, 0.5) is 5.69 Å². The molecule has 7 nitrogen and oxygen atoms in total. The van der Waals surface area contributed by atoms with Crippen LogP contribution in [-0.4, -0.2) is 37.1 Å². The largest absolute Gasteiger partial charge is 0.469 e. The van der Waals surface area contributed by atoms with Gasteiger partial charge in [0.05, 0.1) is 13.0 Å². The number of ether oxygens (including phenoxy) is 2. The number of benzene rings is 2. The smallest absolute Gasteiger partial charge is 0.311 e. The van der Waals surface area contributed by atoms with Crippen LogP contribution in [0.1, 0.15) is 27.1 Å². The molecule has 0 N–H and O–H groups in total. The molecule has 0 saturated carbocycles. The van der Waals surface area contributed by atoms with Gasteiger partial charge in [-0.05, 0) is 12.1 Å². The van der Waals surface area contributed by atoms with Gasteiger partial charge in [0.15, 0.2) is 5.76 Å². The van der Waals surface area contributed by atoms with Crippen LogP contribution in [0.3, 0.4) is 0 Å². The Hall–Kier alpha value is -3.45. The third-order valence-corrected chi connectivity index (χ3v) is 5.37. The molecule has 2 aliphatic rings. The van der Waals surface area contributed by atoms with Gasteiger partial charge >= 0.3 is 5.97 Å². The molecule has 2 aromatic carbocycles. The number of carbonyl (C=O) groups excluding carboxylic acids is 4. The number of carbonyl (C=O) groups is 4. The molecule has 1 aliphatic heterocycles. The molecule has 2 aromatic rings. The van der Waals surface area contributed by atoms with E-state index in [1.54, 1.807) is 36.4 Å². The van der Waals surface area contributed by atoms with E-state index < -0.39 is 23.5 Å². The van der Waals surface area contributed by atoms with Crippen LogP contribution < -0.4 is 9.64 Å². The van der Waals surface area contributed by atoms with Crippen LogP contribution in [0.5, 0.6) is 5.75 Å². The van der Waals surface area contributed by atoms with E-state index in [2.05, 4.69) is 0 Å². The van der Waals surface area contributed by atoms with Crippen molar-refractivity contribution in [3.8, 4) is 5.75 Å². The number of anilines is 1. The standard InChI is InChI=1S/C22H16ClNO6/c1-29-22(28)12-9-17(25)24(11-12)13-5-4-6-14(10-13)30-21-18(23)19(26)15-7-2-3-8-16(15)20(21)27/h2-8,10,12H,9,11H2,1H3. The third-order valence-electron chi connectivity index (χ3n) is 5.03. The average molecular weight is 426 g/mol. The van der Waals surface area contributed by atoms with E-state index in [9.17, 15) is 19.2 Å². The molecular formula is C22H16ClNO6. The highest BCUT2D eigenvalue weighted by Crippen LogP contribution is 2.33. The zero-order valence-electron chi connectivity index (χ0n) is 15.9. The van der Waals surface area contributed by atoms with Crippen molar-refractivity contribution in [1.82, 2.24) is 0 Å². The first-order valence-electron chi connectivity index (χ1n) is 9.15. The summed E-state index contributed by atoms with van der Waals surface area (Å²) in [5, 5.41) is -0.299. The van der Waals surface area contributed by atoms with Gasteiger partial charge in [0, 0.05) is 35.8 Å². The predicted molar refractivity (Wildman–Crippen MR) is 108 cm³/mol. The Morgan fingerprint density at radius 2 is 1.73 bits per heavy atom. The highest BCUT2D eigenvalue weighted by atomic mass is 35.5. The second-order valence-electron chi connectivity index (χ2n) is 6.87. The maximum atomic E-state index is 12.8. The summed E-state index contributed by atoms with van der Waals surface area (Å²) in [6.07, 6.45) is 0.0541. The number of halogens is 1. The molecule has 0 radical (unpaired) electrons. The molecule has 1 fully saturated rings. The van der Waals surface area contributed by atoms with Gasteiger partial charge in [0.25, 0.3) is 0 Å². The van der Waals surface area contributed by atoms with E-state index in [4.69, 9.17) is 21.1 Å². The fourth-order valence-corrected chi connectivity index (χ4v) is 3.75. The summed E-state index contributed by atoms with van der Waals surface area (Å²) >= 11 is 6.13. The van der Waals surface area contributed by atoms with Gasteiger partial charge in [0.2, 0.25) is 17.5 Å². The monoisotopic (exact) mass is 425 g/mol. The summed E-state index contributed by atoms with van der Waals surface area (Å²) in [5.74, 6) is -2.23. The number of Topliss-reactive ketones (excluding diaryl/α,β-unsaturated/α-hetero) is 2. The summed E-state index contributed by atoms with van der Waals surface area (Å²) in [4.78, 5) is 50.8. The van der Waals surface area contributed by atoms with Crippen LogP contribution in [0.15, 0.2) is 59.3 Å². The first-order chi connectivity index (χ1) is 14.4. The second-order valence-corrected chi connectivity index (χ2v) is 7.25. The Morgan fingerprint density at radius 1 is 1.03 bits per heavy atom. The van der Waals surface area contributed by atoms with Gasteiger partial charge < -0.3 is 14.4 Å². The minimum absolute atomic E-state index is 0.0541. The van der Waals surface area contributed by atoms with Gasteiger partial charge in [-0.15, -0.1) is 0 Å². The van der Waals surface area contributed by atoms with Crippen molar-refractivity contribution in [3.63, 3.8) is 0 Å². The number of allylic oxidation sites excluding steroid dienone is 2. The van der Waals surface area contributed by atoms with Crippen molar-refractivity contribution in [2.75, 3.05) is 18.6 Å². The zero-order valence-corrected chi connectivity index (χ0v) is 16.6. The number of ketones is 2. The maximum absolute atomic E-state index is 12.8. The van der Waals surface area contributed by atoms with Crippen molar-refractivity contribution in [2.45, 2.75) is 6.42 Å². The van der Waals surface area contributed by atoms with Crippen molar-refractivity contribution in [1.29, 1.82) is 0 Å². The quantitative estimate of drug-likeness (QED) is 0.699. The summed E-state index contributed by atoms with van der Waals surface area (Å²) < 4.78 is 10.4. The van der Waals surface area contributed by atoms with Gasteiger partial charge in [-0.1, -0.05) is 41.9 Å². The van der Waals surface area contributed by atoms with Gasteiger partial charge in [-0.25, -0.2) is 0 Å². The number of amides is 1. The van der Waals surface area contributed by atoms with Crippen LogP contribution >= 0.6 is 11.6 Å².